The first-order valence-corrected chi connectivity index (χ1v) is 6.76. The van der Waals surface area contributed by atoms with Crippen LogP contribution in [0.2, 0.25) is 0 Å². The summed E-state index contributed by atoms with van der Waals surface area (Å²) in [4.78, 5) is 16.0. The molecule has 2 N–H and O–H groups in total. The Kier molecular flexibility index (Phi) is 4.76. The van der Waals surface area contributed by atoms with Gasteiger partial charge in [0.2, 0.25) is 5.88 Å². The number of carbonyl (C=O) groups excluding carboxylic acids is 1. The van der Waals surface area contributed by atoms with Crippen LogP contribution in [0.15, 0.2) is 22.9 Å². The Labute approximate surface area is 122 Å². The van der Waals surface area contributed by atoms with Gasteiger partial charge in [0, 0.05) is 12.5 Å². The lowest BCUT2D eigenvalue weighted by atomic mass is 10.2. The molecule has 0 saturated carbocycles. The number of aromatic nitrogens is 2. The Hall–Kier alpha value is -2.57. The van der Waals surface area contributed by atoms with Gasteiger partial charge in [0.25, 0.3) is 0 Å². The summed E-state index contributed by atoms with van der Waals surface area (Å²) in [6.45, 7) is 6.14. The van der Waals surface area contributed by atoms with Crippen LogP contribution in [0.4, 0.5) is 16.2 Å². The van der Waals surface area contributed by atoms with Crippen molar-refractivity contribution in [1.29, 1.82) is 0 Å². The molecule has 0 aromatic carbocycles. The number of nitrogens with zero attached hydrogens (tertiary/aromatic N) is 2. The van der Waals surface area contributed by atoms with Gasteiger partial charge in [-0.2, -0.15) is 0 Å². The highest BCUT2D eigenvalue weighted by atomic mass is 16.5. The lowest BCUT2D eigenvalue weighted by Crippen LogP contribution is -2.20. The van der Waals surface area contributed by atoms with Gasteiger partial charge in [-0.05, 0) is 19.9 Å². The molecule has 0 bridgehead atoms. The minimum absolute atomic E-state index is 0.373. The number of pyridine rings is 1. The number of anilines is 2. The summed E-state index contributed by atoms with van der Waals surface area (Å²) >= 11 is 0. The first-order valence-electron chi connectivity index (χ1n) is 6.76. The van der Waals surface area contributed by atoms with E-state index >= 15 is 0 Å². The van der Waals surface area contributed by atoms with Gasteiger partial charge in [-0.1, -0.05) is 12.1 Å². The second-order valence-corrected chi connectivity index (χ2v) is 4.32. The second kappa shape index (κ2) is 6.74. The molecule has 0 atom stereocenters. The normalized spacial score (nSPS) is 10.2. The van der Waals surface area contributed by atoms with Crippen LogP contribution in [0, 0.1) is 6.92 Å². The summed E-state index contributed by atoms with van der Waals surface area (Å²) < 4.78 is 10.4. The van der Waals surface area contributed by atoms with Gasteiger partial charge in [0.05, 0.1) is 18.5 Å². The number of rotatable bonds is 5. The number of carbonyl (C=O) groups is 1. The first-order chi connectivity index (χ1) is 10.1. The number of nitrogens with one attached hydrogen (secondary N) is 2. The highest BCUT2D eigenvalue weighted by molar-refractivity contribution is 6.00. The Morgan fingerprint density at radius 2 is 2.14 bits per heavy atom. The standard InChI is InChI=1S/C14H18N4O3/c1-4-11-13(9(3)18-21-11)17-14(19)16-10-6-7-12(15-8-10)20-5-2/h6-8H,4-5H2,1-3H3,(H2,16,17,19). The van der Waals surface area contributed by atoms with E-state index in [0.29, 0.717) is 41.7 Å². The summed E-state index contributed by atoms with van der Waals surface area (Å²) in [5.41, 5.74) is 1.82. The van der Waals surface area contributed by atoms with Crippen LogP contribution >= 0.6 is 0 Å². The zero-order chi connectivity index (χ0) is 15.2. The van der Waals surface area contributed by atoms with Gasteiger partial charge >= 0.3 is 6.03 Å². The minimum Gasteiger partial charge on any atom is -0.478 e. The average molecular weight is 290 g/mol. The summed E-state index contributed by atoms with van der Waals surface area (Å²) in [6, 6.07) is 3.04. The summed E-state index contributed by atoms with van der Waals surface area (Å²) in [7, 11) is 0. The third-order valence-electron chi connectivity index (χ3n) is 2.78. The summed E-state index contributed by atoms with van der Waals surface area (Å²) in [5, 5.41) is 9.26. The molecule has 0 fully saturated rings. The van der Waals surface area contributed by atoms with Crippen molar-refractivity contribution in [2.45, 2.75) is 27.2 Å². The van der Waals surface area contributed by atoms with Crippen molar-refractivity contribution in [3.63, 3.8) is 0 Å². The number of hydrogen-bond donors (Lipinski definition) is 2. The smallest absolute Gasteiger partial charge is 0.323 e. The van der Waals surface area contributed by atoms with Crippen LogP contribution in [0.1, 0.15) is 25.3 Å². The zero-order valence-corrected chi connectivity index (χ0v) is 12.3. The van der Waals surface area contributed by atoms with Crippen molar-refractivity contribution in [3.05, 3.63) is 29.8 Å². The van der Waals surface area contributed by atoms with Crippen molar-refractivity contribution in [1.82, 2.24) is 10.1 Å². The average Bonchev–Trinajstić information content (AvgIpc) is 2.82. The maximum atomic E-state index is 12.0. The Morgan fingerprint density at radius 1 is 1.33 bits per heavy atom. The van der Waals surface area contributed by atoms with Crippen molar-refractivity contribution in [2.75, 3.05) is 17.2 Å². The molecule has 0 aliphatic heterocycles. The van der Waals surface area contributed by atoms with Crippen LogP contribution in [-0.4, -0.2) is 22.8 Å². The molecule has 0 spiro atoms. The Bertz CT molecular complexity index is 607. The minimum atomic E-state index is -0.373. The van der Waals surface area contributed by atoms with E-state index < -0.39 is 0 Å². The highest BCUT2D eigenvalue weighted by Crippen LogP contribution is 2.20. The molecule has 2 heterocycles. The molecule has 2 aromatic rings. The van der Waals surface area contributed by atoms with Gasteiger partial charge < -0.3 is 19.9 Å². The molecule has 2 aromatic heterocycles. The summed E-state index contributed by atoms with van der Waals surface area (Å²) in [6.07, 6.45) is 2.19. The van der Waals surface area contributed by atoms with Crippen LogP contribution in [0.5, 0.6) is 5.88 Å². The van der Waals surface area contributed by atoms with Gasteiger partial charge in [-0.25, -0.2) is 9.78 Å². The lowest BCUT2D eigenvalue weighted by Gasteiger charge is -2.08. The van der Waals surface area contributed by atoms with Gasteiger partial charge in [0.1, 0.15) is 11.4 Å². The molecule has 2 rings (SSSR count). The molecular formula is C14H18N4O3. The van der Waals surface area contributed by atoms with E-state index in [1.807, 2.05) is 13.8 Å². The van der Waals surface area contributed by atoms with E-state index in [9.17, 15) is 4.79 Å². The quantitative estimate of drug-likeness (QED) is 0.883. The molecule has 21 heavy (non-hydrogen) atoms. The van der Waals surface area contributed by atoms with E-state index in [1.165, 1.54) is 6.20 Å². The summed E-state index contributed by atoms with van der Waals surface area (Å²) in [5.74, 6) is 1.17. The largest absolute Gasteiger partial charge is 0.478 e. The number of hydrogen-bond acceptors (Lipinski definition) is 5. The van der Waals surface area contributed by atoms with E-state index in [1.54, 1.807) is 19.1 Å². The number of aryl methyl sites for hydroxylation is 2. The molecule has 0 saturated heterocycles. The molecule has 112 valence electrons. The van der Waals surface area contributed by atoms with E-state index in [0.717, 1.165) is 0 Å². The fourth-order valence-corrected chi connectivity index (χ4v) is 1.78. The van der Waals surface area contributed by atoms with E-state index in [4.69, 9.17) is 9.26 Å². The number of urea groups is 1. The molecule has 0 aliphatic carbocycles. The van der Waals surface area contributed by atoms with Crippen molar-refractivity contribution < 1.29 is 14.1 Å². The Morgan fingerprint density at radius 3 is 2.76 bits per heavy atom. The van der Waals surface area contributed by atoms with Crippen molar-refractivity contribution >= 4 is 17.4 Å². The third-order valence-corrected chi connectivity index (χ3v) is 2.78. The van der Waals surface area contributed by atoms with Crippen molar-refractivity contribution in [2.24, 2.45) is 0 Å². The molecule has 7 heteroatoms. The SMILES string of the molecule is CCOc1ccc(NC(=O)Nc2c(C)noc2CC)cn1. The van der Waals surface area contributed by atoms with Gasteiger partial charge in [-0.15, -0.1) is 0 Å². The molecule has 0 aliphatic rings. The van der Waals surface area contributed by atoms with Crippen LogP contribution in [0.3, 0.4) is 0 Å². The molecule has 0 unspecified atom stereocenters. The van der Waals surface area contributed by atoms with Gasteiger partial charge in [-0.3, -0.25) is 0 Å². The molecule has 2 amide bonds. The zero-order valence-electron chi connectivity index (χ0n) is 12.3. The van der Waals surface area contributed by atoms with Crippen LogP contribution in [0.25, 0.3) is 0 Å². The predicted molar refractivity (Wildman–Crippen MR) is 78.7 cm³/mol. The molecule has 0 radical (unpaired) electrons. The van der Waals surface area contributed by atoms with Crippen molar-refractivity contribution in [3.8, 4) is 5.88 Å². The topological polar surface area (TPSA) is 89.3 Å². The predicted octanol–water partition coefficient (Wildman–Crippen LogP) is 2.98. The molecule has 7 nitrogen and oxygen atoms in total. The monoisotopic (exact) mass is 290 g/mol. The number of ether oxygens (including phenoxy) is 1. The molecular weight excluding hydrogens is 272 g/mol. The van der Waals surface area contributed by atoms with E-state index in [2.05, 4.69) is 20.8 Å². The van der Waals surface area contributed by atoms with E-state index in [-0.39, 0.29) is 6.03 Å². The fraction of sp³-hybridized carbons (Fsp3) is 0.357. The second-order valence-electron chi connectivity index (χ2n) is 4.32. The fourth-order valence-electron chi connectivity index (χ4n) is 1.78. The van der Waals surface area contributed by atoms with Crippen LogP contribution < -0.4 is 15.4 Å². The van der Waals surface area contributed by atoms with Gasteiger partial charge in [0.15, 0.2) is 5.76 Å². The Balaban J connectivity index is 1.99. The maximum Gasteiger partial charge on any atom is 0.323 e. The lowest BCUT2D eigenvalue weighted by molar-refractivity contribution is 0.262. The highest BCUT2D eigenvalue weighted by Gasteiger charge is 2.14. The first kappa shape index (κ1) is 14.8. The van der Waals surface area contributed by atoms with Crippen LogP contribution in [-0.2, 0) is 6.42 Å². The third kappa shape index (κ3) is 3.71. The number of amides is 2. The maximum absolute atomic E-state index is 12.0.